The molecule has 144 valence electrons. The molecule has 0 aliphatic carbocycles. The molecule has 0 spiro atoms. The molecular formula is C19H15N7O3. The van der Waals surface area contributed by atoms with Crippen LogP contribution in [0.25, 0.3) is 17.1 Å². The lowest BCUT2D eigenvalue weighted by atomic mass is 10.0. The molecule has 0 bridgehead atoms. The van der Waals surface area contributed by atoms with Crippen molar-refractivity contribution in [1.82, 2.24) is 35.2 Å². The van der Waals surface area contributed by atoms with Crippen molar-refractivity contribution >= 4 is 17.7 Å². The highest BCUT2D eigenvalue weighted by atomic mass is 16.2. The number of imide groups is 1. The Labute approximate surface area is 164 Å². The van der Waals surface area contributed by atoms with E-state index in [1.54, 1.807) is 35.5 Å². The third-order valence-electron chi connectivity index (χ3n) is 5.10. The number of rotatable bonds is 3. The molecule has 2 aliphatic heterocycles. The molecule has 0 saturated carbocycles. The van der Waals surface area contributed by atoms with Gasteiger partial charge in [-0.15, -0.1) is 5.10 Å². The first-order valence-corrected chi connectivity index (χ1v) is 9.07. The topological polar surface area (TPSA) is 123 Å². The second-order valence-corrected chi connectivity index (χ2v) is 6.88. The van der Waals surface area contributed by atoms with Crippen LogP contribution in [0.15, 0.2) is 43.0 Å². The Kier molecular flexibility index (Phi) is 3.90. The molecule has 1 saturated heterocycles. The Morgan fingerprint density at radius 2 is 2.00 bits per heavy atom. The Balaban J connectivity index is 1.42. The van der Waals surface area contributed by atoms with Gasteiger partial charge in [-0.1, -0.05) is 11.3 Å². The Morgan fingerprint density at radius 1 is 1.10 bits per heavy atom. The summed E-state index contributed by atoms with van der Waals surface area (Å²) in [6.45, 7) is 0.336. The molecule has 2 aliphatic rings. The molecule has 1 unspecified atom stereocenters. The fourth-order valence-electron chi connectivity index (χ4n) is 3.62. The van der Waals surface area contributed by atoms with Crippen molar-refractivity contribution < 1.29 is 14.4 Å². The summed E-state index contributed by atoms with van der Waals surface area (Å²) >= 11 is 0. The Morgan fingerprint density at radius 3 is 2.79 bits per heavy atom. The monoisotopic (exact) mass is 389 g/mol. The molecule has 1 atom stereocenters. The summed E-state index contributed by atoms with van der Waals surface area (Å²) in [4.78, 5) is 46.2. The molecule has 10 heteroatoms. The van der Waals surface area contributed by atoms with Gasteiger partial charge in [-0.2, -0.15) is 0 Å². The number of benzene rings is 1. The summed E-state index contributed by atoms with van der Waals surface area (Å²) in [5.74, 6) is -0.957. The first-order valence-electron chi connectivity index (χ1n) is 9.07. The van der Waals surface area contributed by atoms with E-state index in [2.05, 4.69) is 25.6 Å². The van der Waals surface area contributed by atoms with Crippen molar-refractivity contribution in [2.75, 3.05) is 0 Å². The molecule has 1 N–H and O–H groups in total. The number of hydrogen-bond acceptors (Lipinski definition) is 7. The smallest absolute Gasteiger partial charge is 0.255 e. The quantitative estimate of drug-likeness (QED) is 0.647. The Bertz CT molecular complexity index is 1140. The van der Waals surface area contributed by atoms with Crippen molar-refractivity contribution in [3.05, 3.63) is 54.1 Å². The van der Waals surface area contributed by atoms with Crippen LogP contribution in [0, 0.1) is 0 Å². The van der Waals surface area contributed by atoms with Crippen molar-refractivity contribution in [1.29, 1.82) is 0 Å². The van der Waals surface area contributed by atoms with Gasteiger partial charge in [0.2, 0.25) is 11.8 Å². The fraction of sp³-hybridized carbons (Fsp3) is 0.211. The Hall–Kier alpha value is -3.95. The van der Waals surface area contributed by atoms with Crippen LogP contribution in [-0.2, 0) is 16.1 Å². The predicted octanol–water partition coefficient (Wildman–Crippen LogP) is 0.485. The number of hydrogen-bond donors (Lipinski definition) is 1. The van der Waals surface area contributed by atoms with Crippen molar-refractivity contribution in [2.24, 2.45) is 0 Å². The van der Waals surface area contributed by atoms with Crippen molar-refractivity contribution in [2.45, 2.75) is 25.4 Å². The summed E-state index contributed by atoms with van der Waals surface area (Å²) < 4.78 is 1.56. The molecule has 1 aromatic carbocycles. The second kappa shape index (κ2) is 6.59. The zero-order chi connectivity index (χ0) is 20.0. The van der Waals surface area contributed by atoms with Gasteiger partial charge in [-0.25, -0.2) is 4.68 Å². The van der Waals surface area contributed by atoms with Gasteiger partial charge in [0.05, 0.1) is 18.1 Å². The molecule has 2 aromatic heterocycles. The highest BCUT2D eigenvalue weighted by molar-refractivity contribution is 6.05. The maximum atomic E-state index is 12.9. The minimum atomic E-state index is -0.634. The standard InChI is InChI=1S/C19H15N7O3/c27-17-4-3-16(18(28)22-17)25-9-11-1-2-12(7-13(11)19(25)29)26-10-15(23-24-26)14-8-20-5-6-21-14/h1-2,5-8,10,16H,3-4,9H2,(H,22,27,28). The molecule has 1 fully saturated rings. The zero-order valence-electron chi connectivity index (χ0n) is 15.1. The zero-order valence-corrected chi connectivity index (χ0v) is 15.1. The summed E-state index contributed by atoms with van der Waals surface area (Å²) in [6, 6.07) is 4.79. The third kappa shape index (κ3) is 2.94. The fourth-order valence-corrected chi connectivity index (χ4v) is 3.62. The van der Waals surface area contributed by atoms with E-state index in [0.717, 1.165) is 5.56 Å². The highest BCUT2D eigenvalue weighted by Crippen LogP contribution is 2.29. The molecule has 29 heavy (non-hydrogen) atoms. The number of nitrogens with one attached hydrogen (secondary N) is 1. The summed E-state index contributed by atoms with van der Waals surface area (Å²) in [5, 5.41) is 10.5. The van der Waals surface area contributed by atoms with Gasteiger partial charge in [-0.05, 0) is 24.1 Å². The molecule has 4 heterocycles. The van der Waals surface area contributed by atoms with E-state index in [9.17, 15) is 14.4 Å². The van der Waals surface area contributed by atoms with E-state index in [0.29, 0.717) is 35.6 Å². The van der Waals surface area contributed by atoms with Gasteiger partial charge < -0.3 is 4.90 Å². The number of nitrogens with zero attached hydrogens (tertiary/aromatic N) is 6. The number of piperidine rings is 1. The van der Waals surface area contributed by atoms with Gasteiger partial charge in [0, 0.05) is 30.9 Å². The maximum absolute atomic E-state index is 12.9. The minimum absolute atomic E-state index is 0.228. The van der Waals surface area contributed by atoms with E-state index in [4.69, 9.17) is 0 Å². The molecule has 5 rings (SSSR count). The van der Waals surface area contributed by atoms with Crippen LogP contribution >= 0.6 is 0 Å². The predicted molar refractivity (Wildman–Crippen MR) is 98.4 cm³/mol. The average Bonchev–Trinajstić information content (AvgIpc) is 3.34. The highest BCUT2D eigenvalue weighted by Gasteiger charge is 2.39. The summed E-state index contributed by atoms with van der Waals surface area (Å²) in [5.41, 5.74) is 3.18. The van der Waals surface area contributed by atoms with Gasteiger partial charge in [-0.3, -0.25) is 29.7 Å². The van der Waals surface area contributed by atoms with E-state index in [1.807, 2.05) is 12.1 Å². The van der Waals surface area contributed by atoms with Crippen LogP contribution in [0.3, 0.4) is 0 Å². The molecule has 3 amide bonds. The lowest BCUT2D eigenvalue weighted by molar-refractivity contribution is -0.136. The van der Waals surface area contributed by atoms with Gasteiger partial charge >= 0.3 is 0 Å². The summed E-state index contributed by atoms with van der Waals surface area (Å²) in [7, 11) is 0. The van der Waals surface area contributed by atoms with Gasteiger partial charge in [0.25, 0.3) is 5.91 Å². The number of aromatic nitrogens is 5. The number of amides is 3. The van der Waals surface area contributed by atoms with Crippen LogP contribution in [0.4, 0.5) is 0 Å². The van der Waals surface area contributed by atoms with E-state index in [-0.39, 0.29) is 18.2 Å². The van der Waals surface area contributed by atoms with Crippen LogP contribution in [-0.4, -0.2) is 53.6 Å². The van der Waals surface area contributed by atoms with Gasteiger partial charge in [0.1, 0.15) is 17.4 Å². The van der Waals surface area contributed by atoms with E-state index < -0.39 is 11.9 Å². The van der Waals surface area contributed by atoms with Gasteiger partial charge in [0.15, 0.2) is 0 Å². The first-order chi connectivity index (χ1) is 14.1. The van der Waals surface area contributed by atoms with Crippen LogP contribution in [0.2, 0.25) is 0 Å². The normalized spacial score (nSPS) is 18.7. The van der Waals surface area contributed by atoms with E-state index in [1.165, 1.54) is 4.90 Å². The number of fused-ring (bicyclic) bond motifs is 1. The molecule has 3 aromatic rings. The van der Waals surface area contributed by atoms with E-state index >= 15 is 0 Å². The number of carbonyl (C=O) groups is 3. The summed E-state index contributed by atoms with van der Waals surface area (Å²) in [6.07, 6.45) is 7.02. The molecule has 0 radical (unpaired) electrons. The van der Waals surface area contributed by atoms with Crippen LogP contribution < -0.4 is 5.32 Å². The first kappa shape index (κ1) is 17.2. The lowest BCUT2D eigenvalue weighted by Gasteiger charge is -2.29. The largest absolute Gasteiger partial charge is 0.322 e. The number of carbonyl (C=O) groups excluding carboxylic acids is 3. The van der Waals surface area contributed by atoms with Crippen molar-refractivity contribution in [3.8, 4) is 17.1 Å². The van der Waals surface area contributed by atoms with Crippen LogP contribution in [0.1, 0.15) is 28.8 Å². The SMILES string of the molecule is O=C1CCC(N2Cc3ccc(-n4cc(-c5cnccn5)nn4)cc3C2=O)C(=O)N1. The third-order valence-corrected chi connectivity index (χ3v) is 5.10. The molecular weight excluding hydrogens is 374 g/mol. The lowest BCUT2D eigenvalue weighted by Crippen LogP contribution is -2.52. The van der Waals surface area contributed by atoms with Crippen molar-refractivity contribution in [3.63, 3.8) is 0 Å². The minimum Gasteiger partial charge on any atom is -0.322 e. The van der Waals surface area contributed by atoms with Crippen LogP contribution in [0.5, 0.6) is 0 Å². The second-order valence-electron chi connectivity index (χ2n) is 6.88. The average molecular weight is 389 g/mol. The molecule has 10 nitrogen and oxygen atoms in total. The maximum Gasteiger partial charge on any atom is 0.255 e.